The molecule has 2 nitrogen and oxygen atoms in total. The molecule has 0 bridgehead atoms. The molecule has 0 aliphatic carbocycles. The van der Waals surface area contributed by atoms with E-state index in [-0.39, 0.29) is 0 Å². The van der Waals surface area contributed by atoms with Gasteiger partial charge in [-0.2, -0.15) is 0 Å². The largest absolute Gasteiger partial charge is 0.356 e. The molecule has 0 spiro atoms. The van der Waals surface area contributed by atoms with E-state index in [2.05, 4.69) is 43.0 Å². The van der Waals surface area contributed by atoms with Gasteiger partial charge >= 0.3 is 0 Å². The lowest BCUT2D eigenvalue weighted by Gasteiger charge is -2.33. The maximum absolute atomic E-state index is 2.67. The molecule has 0 saturated heterocycles. The van der Waals surface area contributed by atoms with Gasteiger partial charge < -0.3 is 9.80 Å². The number of hydrogen-bond donors (Lipinski definition) is 0. The van der Waals surface area contributed by atoms with Crippen LogP contribution in [0.5, 0.6) is 0 Å². The van der Waals surface area contributed by atoms with Crippen molar-refractivity contribution in [2.75, 3.05) is 13.1 Å². The summed E-state index contributed by atoms with van der Waals surface area (Å²) >= 11 is 0. The molecular formula is C36H72N2. The zero-order valence-electron chi connectivity index (χ0n) is 26.8. The summed E-state index contributed by atoms with van der Waals surface area (Å²) in [5.41, 5.74) is 0. The van der Waals surface area contributed by atoms with Crippen LogP contribution in [-0.2, 0) is 0 Å². The molecule has 0 fully saturated rings. The van der Waals surface area contributed by atoms with Crippen molar-refractivity contribution in [3.8, 4) is 0 Å². The molecular weight excluding hydrogens is 460 g/mol. The SMILES string of the molecule is CCCCCCCCCCCCCCCCCCCN1C=CN(CCC)C1CCCCCCCCCCC. The van der Waals surface area contributed by atoms with Gasteiger partial charge in [0, 0.05) is 25.5 Å². The number of unbranched alkanes of at least 4 members (excludes halogenated alkanes) is 24. The molecule has 1 rings (SSSR count). The third-order valence-corrected chi connectivity index (χ3v) is 8.78. The molecule has 1 aliphatic rings. The summed E-state index contributed by atoms with van der Waals surface area (Å²) in [7, 11) is 0. The second-order valence-electron chi connectivity index (χ2n) is 12.5. The highest BCUT2D eigenvalue weighted by atomic mass is 15.4. The van der Waals surface area contributed by atoms with Crippen LogP contribution in [0, 0.1) is 0 Å². The molecule has 38 heavy (non-hydrogen) atoms. The number of rotatable bonds is 30. The molecule has 0 aromatic carbocycles. The van der Waals surface area contributed by atoms with Crippen molar-refractivity contribution in [3.63, 3.8) is 0 Å². The number of hydrogen-bond acceptors (Lipinski definition) is 2. The summed E-state index contributed by atoms with van der Waals surface area (Å²) < 4.78 is 0. The first-order chi connectivity index (χ1) is 18.8. The van der Waals surface area contributed by atoms with Gasteiger partial charge in [0.2, 0.25) is 0 Å². The minimum Gasteiger partial charge on any atom is -0.356 e. The minimum atomic E-state index is 0.639. The van der Waals surface area contributed by atoms with E-state index in [1.165, 1.54) is 193 Å². The van der Waals surface area contributed by atoms with Crippen LogP contribution < -0.4 is 0 Å². The molecule has 0 aromatic heterocycles. The maximum atomic E-state index is 2.67. The Balaban J connectivity index is 1.97. The van der Waals surface area contributed by atoms with E-state index in [1.54, 1.807) is 0 Å². The molecule has 0 radical (unpaired) electrons. The van der Waals surface area contributed by atoms with E-state index in [0.717, 1.165) is 0 Å². The standard InChI is InChI=1S/C36H72N2/c1-4-7-9-11-13-15-16-17-18-19-20-21-22-24-26-28-30-33-38-35-34-37(32-6-3)36(38)31-29-27-25-23-14-12-10-8-5-2/h34-36H,4-33H2,1-3H3. The first-order valence-electron chi connectivity index (χ1n) is 18.0. The number of nitrogens with zero attached hydrogens (tertiary/aromatic N) is 2. The third-order valence-electron chi connectivity index (χ3n) is 8.78. The zero-order valence-corrected chi connectivity index (χ0v) is 26.8. The van der Waals surface area contributed by atoms with Gasteiger partial charge in [-0.05, 0) is 25.7 Å². The van der Waals surface area contributed by atoms with Crippen molar-refractivity contribution in [2.45, 2.75) is 207 Å². The molecule has 0 N–H and O–H groups in total. The summed E-state index contributed by atoms with van der Waals surface area (Å²) in [5, 5.41) is 0. The molecule has 2 heteroatoms. The van der Waals surface area contributed by atoms with E-state index in [9.17, 15) is 0 Å². The van der Waals surface area contributed by atoms with Crippen molar-refractivity contribution in [3.05, 3.63) is 12.4 Å². The highest BCUT2D eigenvalue weighted by Gasteiger charge is 2.24. The Morgan fingerprint density at radius 2 is 0.658 bits per heavy atom. The normalized spacial score (nSPS) is 15.3. The monoisotopic (exact) mass is 533 g/mol. The lowest BCUT2D eigenvalue weighted by Crippen LogP contribution is -2.39. The average molecular weight is 533 g/mol. The fourth-order valence-electron chi connectivity index (χ4n) is 6.25. The average Bonchev–Trinajstić information content (AvgIpc) is 3.30. The lowest BCUT2D eigenvalue weighted by molar-refractivity contribution is 0.137. The second kappa shape index (κ2) is 27.9. The van der Waals surface area contributed by atoms with E-state index < -0.39 is 0 Å². The zero-order chi connectivity index (χ0) is 27.4. The molecule has 226 valence electrons. The van der Waals surface area contributed by atoms with Crippen LogP contribution in [0.25, 0.3) is 0 Å². The van der Waals surface area contributed by atoms with Gasteiger partial charge in [-0.1, -0.05) is 175 Å². The minimum absolute atomic E-state index is 0.639. The summed E-state index contributed by atoms with van der Waals surface area (Å²) in [6, 6.07) is 0. The quantitative estimate of drug-likeness (QED) is 0.0848. The van der Waals surface area contributed by atoms with E-state index in [0.29, 0.717) is 6.17 Å². The third kappa shape index (κ3) is 20.3. The Hall–Kier alpha value is -0.660. The fraction of sp³-hybridized carbons (Fsp3) is 0.944. The Bertz CT molecular complexity index is 488. The van der Waals surface area contributed by atoms with Crippen LogP contribution in [0.1, 0.15) is 201 Å². The van der Waals surface area contributed by atoms with Crippen LogP contribution in [0.4, 0.5) is 0 Å². The van der Waals surface area contributed by atoms with Gasteiger partial charge in [0.1, 0.15) is 6.17 Å². The summed E-state index contributed by atoms with van der Waals surface area (Å²) in [6.07, 6.45) is 45.6. The van der Waals surface area contributed by atoms with Gasteiger partial charge in [0.05, 0.1) is 0 Å². The summed E-state index contributed by atoms with van der Waals surface area (Å²) in [4.78, 5) is 5.30. The first kappa shape index (κ1) is 35.4. The molecule has 1 aliphatic heterocycles. The van der Waals surface area contributed by atoms with Gasteiger partial charge in [-0.3, -0.25) is 0 Å². The van der Waals surface area contributed by atoms with Gasteiger partial charge in [-0.15, -0.1) is 0 Å². The van der Waals surface area contributed by atoms with Crippen molar-refractivity contribution in [2.24, 2.45) is 0 Å². The maximum Gasteiger partial charge on any atom is 0.101 e. The summed E-state index contributed by atoms with van der Waals surface area (Å²) in [5.74, 6) is 0. The van der Waals surface area contributed by atoms with E-state index >= 15 is 0 Å². The Morgan fingerprint density at radius 3 is 1.03 bits per heavy atom. The predicted molar refractivity (Wildman–Crippen MR) is 173 cm³/mol. The molecule has 1 heterocycles. The van der Waals surface area contributed by atoms with Crippen molar-refractivity contribution in [1.82, 2.24) is 9.80 Å². The van der Waals surface area contributed by atoms with Gasteiger partial charge in [-0.25, -0.2) is 0 Å². The van der Waals surface area contributed by atoms with Gasteiger partial charge in [0.25, 0.3) is 0 Å². The van der Waals surface area contributed by atoms with Crippen molar-refractivity contribution < 1.29 is 0 Å². The lowest BCUT2D eigenvalue weighted by atomic mass is 10.0. The first-order valence-corrected chi connectivity index (χ1v) is 18.0. The van der Waals surface area contributed by atoms with Crippen LogP contribution in [0.15, 0.2) is 12.4 Å². The van der Waals surface area contributed by atoms with Crippen LogP contribution >= 0.6 is 0 Å². The van der Waals surface area contributed by atoms with Crippen LogP contribution in [-0.4, -0.2) is 29.1 Å². The predicted octanol–water partition coefficient (Wildman–Crippen LogP) is 12.4. The molecule has 0 aromatic rings. The van der Waals surface area contributed by atoms with Crippen LogP contribution in [0.3, 0.4) is 0 Å². The van der Waals surface area contributed by atoms with Gasteiger partial charge in [0.15, 0.2) is 0 Å². The van der Waals surface area contributed by atoms with E-state index in [1.807, 2.05) is 0 Å². The summed E-state index contributed by atoms with van der Waals surface area (Å²) in [6.45, 7) is 9.42. The smallest absolute Gasteiger partial charge is 0.101 e. The molecule has 1 atom stereocenters. The fourth-order valence-corrected chi connectivity index (χ4v) is 6.25. The Morgan fingerprint density at radius 1 is 0.342 bits per heavy atom. The van der Waals surface area contributed by atoms with E-state index in [4.69, 9.17) is 0 Å². The van der Waals surface area contributed by atoms with Crippen molar-refractivity contribution >= 4 is 0 Å². The van der Waals surface area contributed by atoms with Crippen molar-refractivity contribution in [1.29, 1.82) is 0 Å². The topological polar surface area (TPSA) is 6.48 Å². The second-order valence-corrected chi connectivity index (χ2v) is 12.5. The highest BCUT2D eigenvalue weighted by molar-refractivity contribution is 4.96. The Labute approximate surface area is 241 Å². The highest BCUT2D eigenvalue weighted by Crippen LogP contribution is 2.23. The Kier molecular flexibility index (Phi) is 26.0. The molecule has 0 amide bonds. The molecule has 1 unspecified atom stereocenters. The van der Waals surface area contributed by atoms with Crippen LogP contribution in [0.2, 0.25) is 0 Å². The molecule has 0 saturated carbocycles.